The number of likely N-dealkylation sites (tertiary alicyclic amines) is 1. The molecule has 3 aromatic carbocycles. The first kappa shape index (κ1) is 23.8. The summed E-state index contributed by atoms with van der Waals surface area (Å²) < 4.78 is 0. The Kier molecular flexibility index (Phi) is 7.71. The van der Waals surface area contributed by atoms with Crippen LogP contribution in [0.3, 0.4) is 0 Å². The lowest BCUT2D eigenvalue weighted by Crippen LogP contribution is -2.40. The summed E-state index contributed by atoms with van der Waals surface area (Å²) in [7, 11) is 0. The maximum atomic E-state index is 13.1. The number of benzene rings is 3. The molecule has 1 heterocycles. The zero-order valence-corrected chi connectivity index (χ0v) is 20.1. The molecule has 1 aliphatic rings. The van der Waals surface area contributed by atoms with Crippen LogP contribution in [0.2, 0.25) is 15.1 Å². The van der Waals surface area contributed by atoms with Crippen LogP contribution in [0.15, 0.2) is 66.7 Å². The molecule has 1 saturated heterocycles. The van der Waals surface area contributed by atoms with Crippen molar-refractivity contribution in [2.24, 2.45) is 5.92 Å². The third-order valence-electron chi connectivity index (χ3n) is 5.81. The van der Waals surface area contributed by atoms with Gasteiger partial charge in [0.2, 0.25) is 5.91 Å². The number of piperidine rings is 1. The third-order valence-corrected chi connectivity index (χ3v) is 6.63. The minimum Gasteiger partial charge on any atom is -0.325 e. The van der Waals surface area contributed by atoms with Crippen molar-refractivity contribution in [2.75, 3.05) is 18.4 Å². The molecule has 0 bridgehead atoms. The number of nitrogens with zero attached hydrogens (tertiary/aromatic N) is 1. The molecule has 0 aromatic heterocycles. The van der Waals surface area contributed by atoms with Crippen molar-refractivity contribution in [2.45, 2.75) is 19.4 Å². The molecule has 1 aliphatic heterocycles. The molecule has 1 fully saturated rings. The normalized spacial score (nSPS) is 16.4. The van der Waals surface area contributed by atoms with Crippen LogP contribution in [-0.4, -0.2) is 29.7 Å². The van der Waals surface area contributed by atoms with E-state index in [1.165, 1.54) is 0 Å². The Hall–Kier alpha value is -2.37. The molecule has 7 heteroatoms. The van der Waals surface area contributed by atoms with Crippen molar-refractivity contribution in [1.29, 1.82) is 0 Å². The Morgan fingerprint density at radius 3 is 2.42 bits per heavy atom. The molecule has 1 amide bonds. The van der Waals surface area contributed by atoms with Gasteiger partial charge in [-0.3, -0.25) is 14.5 Å². The zero-order valence-electron chi connectivity index (χ0n) is 17.9. The van der Waals surface area contributed by atoms with Gasteiger partial charge in [0.25, 0.3) is 0 Å². The standard InChI is InChI=1S/C26H23Cl3N2O2/c27-20-10-11-24(22(13-20)25(32)17-5-2-1-3-6-17)30-26(33)19-7-4-12-31(16-19)15-18-8-9-21(28)14-23(18)29/h1-3,5-6,8-11,13-14,19H,4,7,12,15-16H2,(H,30,33). The Labute approximate surface area is 208 Å². The highest BCUT2D eigenvalue weighted by Crippen LogP contribution is 2.27. The van der Waals surface area contributed by atoms with E-state index in [2.05, 4.69) is 10.2 Å². The predicted molar refractivity (Wildman–Crippen MR) is 134 cm³/mol. The average molecular weight is 502 g/mol. The summed E-state index contributed by atoms with van der Waals surface area (Å²) in [5.74, 6) is -0.484. The molecule has 0 radical (unpaired) electrons. The van der Waals surface area contributed by atoms with Crippen molar-refractivity contribution >= 4 is 52.2 Å². The van der Waals surface area contributed by atoms with Crippen LogP contribution in [0.5, 0.6) is 0 Å². The maximum absolute atomic E-state index is 13.1. The van der Waals surface area contributed by atoms with Crippen molar-refractivity contribution in [1.82, 2.24) is 4.90 Å². The number of hydrogen-bond acceptors (Lipinski definition) is 3. The number of carbonyl (C=O) groups excluding carboxylic acids is 2. The molecule has 4 nitrogen and oxygen atoms in total. The Morgan fingerprint density at radius 2 is 1.67 bits per heavy atom. The Balaban J connectivity index is 1.47. The van der Waals surface area contributed by atoms with Crippen LogP contribution in [0, 0.1) is 5.92 Å². The molecule has 33 heavy (non-hydrogen) atoms. The van der Waals surface area contributed by atoms with Crippen molar-refractivity contribution in [3.8, 4) is 0 Å². The summed E-state index contributed by atoms with van der Waals surface area (Å²) in [5, 5.41) is 4.64. The molecule has 1 atom stereocenters. The van der Waals surface area contributed by atoms with Crippen molar-refractivity contribution in [3.63, 3.8) is 0 Å². The van der Waals surface area contributed by atoms with E-state index in [-0.39, 0.29) is 17.6 Å². The molecular weight excluding hydrogens is 479 g/mol. The molecule has 4 rings (SSSR count). The first-order chi connectivity index (χ1) is 15.9. The van der Waals surface area contributed by atoms with Crippen LogP contribution >= 0.6 is 34.8 Å². The number of anilines is 1. The topological polar surface area (TPSA) is 49.4 Å². The largest absolute Gasteiger partial charge is 0.325 e. The summed E-state index contributed by atoms with van der Waals surface area (Å²) in [4.78, 5) is 28.4. The zero-order chi connectivity index (χ0) is 23.4. The first-order valence-corrected chi connectivity index (χ1v) is 11.9. The van der Waals surface area contributed by atoms with Gasteiger partial charge in [0.15, 0.2) is 5.78 Å². The van der Waals surface area contributed by atoms with Crippen molar-refractivity contribution in [3.05, 3.63) is 98.5 Å². The lowest BCUT2D eigenvalue weighted by Gasteiger charge is -2.32. The molecule has 0 spiro atoms. The first-order valence-electron chi connectivity index (χ1n) is 10.8. The van der Waals surface area contributed by atoms with Gasteiger partial charge in [-0.1, -0.05) is 71.2 Å². The summed E-state index contributed by atoms with van der Waals surface area (Å²) in [6.07, 6.45) is 1.69. The van der Waals surface area contributed by atoms with Crippen LogP contribution in [0.25, 0.3) is 0 Å². The fourth-order valence-corrected chi connectivity index (χ4v) is 4.74. The second kappa shape index (κ2) is 10.7. The number of carbonyl (C=O) groups is 2. The molecule has 3 aromatic rings. The van der Waals surface area contributed by atoms with E-state index in [0.717, 1.165) is 24.9 Å². The highest BCUT2D eigenvalue weighted by atomic mass is 35.5. The Morgan fingerprint density at radius 1 is 0.939 bits per heavy atom. The number of halogens is 3. The highest BCUT2D eigenvalue weighted by Gasteiger charge is 2.27. The highest BCUT2D eigenvalue weighted by molar-refractivity contribution is 6.35. The van der Waals surface area contributed by atoms with Crippen LogP contribution in [0.4, 0.5) is 5.69 Å². The average Bonchev–Trinajstić information content (AvgIpc) is 2.82. The van der Waals surface area contributed by atoms with Crippen LogP contribution in [-0.2, 0) is 11.3 Å². The SMILES string of the molecule is O=C(c1ccccc1)c1cc(Cl)ccc1NC(=O)C1CCCN(Cc2ccc(Cl)cc2Cl)C1. The summed E-state index contributed by atoms with van der Waals surface area (Å²) in [5.41, 5.74) is 2.37. The summed E-state index contributed by atoms with van der Waals surface area (Å²) >= 11 is 18.5. The molecule has 1 unspecified atom stereocenters. The lowest BCUT2D eigenvalue weighted by molar-refractivity contribution is -0.121. The summed E-state index contributed by atoms with van der Waals surface area (Å²) in [6, 6.07) is 19.4. The molecule has 1 N–H and O–H groups in total. The number of hydrogen-bond donors (Lipinski definition) is 1. The fourth-order valence-electron chi connectivity index (χ4n) is 4.10. The van der Waals surface area contributed by atoms with Gasteiger partial charge in [-0.05, 0) is 55.3 Å². The quantitative estimate of drug-likeness (QED) is 0.381. The second-order valence-electron chi connectivity index (χ2n) is 8.18. The van der Waals surface area contributed by atoms with E-state index >= 15 is 0 Å². The van der Waals surface area contributed by atoms with Gasteiger partial charge in [-0.25, -0.2) is 0 Å². The fraction of sp³-hybridized carbons (Fsp3) is 0.231. The third kappa shape index (κ3) is 5.96. The number of rotatable bonds is 6. The predicted octanol–water partition coefficient (Wildman–Crippen LogP) is 6.73. The minimum atomic E-state index is -0.194. The van der Waals surface area contributed by atoms with Gasteiger partial charge >= 0.3 is 0 Å². The van der Waals surface area contributed by atoms with Gasteiger partial charge in [-0.2, -0.15) is 0 Å². The molecule has 170 valence electrons. The lowest BCUT2D eigenvalue weighted by atomic mass is 9.96. The van der Waals surface area contributed by atoms with Gasteiger partial charge in [-0.15, -0.1) is 0 Å². The number of amides is 1. The number of nitrogens with one attached hydrogen (secondary N) is 1. The van der Waals surface area contributed by atoms with Gasteiger partial charge < -0.3 is 5.32 Å². The van der Waals surface area contributed by atoms with Crippen molar-refractivity contribution < 1.29 is 9.59 Å². The van der Waals surface area contributed by atoms with Gasteiger partial charge in [0.1, 0.15) is 0 Å². The monoisotopic (exact) mass is 500 g/mol. The summed E-state index contributed by atoms with van der Waals surface area (Å²) in [6.45, 7) is 2.15. The second-order valence-corrected chi connectivity index (χ2v) is 9.46. The molecule has 0 aliphatic carbocycles. The van der Waals surface area contributed by atoms with Gasteiger partial charge in [0.05, 0.1) is 11.6 Å². The van der Waals surface area contributed by atoms with Crippen LogP contribution in [0.1, 0.15) is 34.3 Å². The molecular formula is C26H23Cl3N2O2. The maximum Gasteiger partial charge on any atom is 0.228 e. The van der Waals surface area contributed by atoms with E-state index in [1.54, 1.807) is 48.5 Å². The molecule has 0 saturated carbocycles. The van der Waals surface area contributed by atoms with E-state index in [1.807, 2.05) is 18.2 Å². The van der Waals surface area contributed by atoms with E-state index < -0.39 is 0 Å². The minimum absolute atomic E-state index is 0.105. The van der Waals surface area contributed by atoms with Gasteiger partial charge in [0, 0.05) is 39.3 Å². The van der Waals surface area contributed by atoms with E-state index in [4.69, 9.17) is 34.8 Å². The smallest absolute Gasteiger partial charge is 0.228 e. The van der Waals surface area contributed by atoms with E-state index in [0.29, 0.717) is 45.0 Å². The van der Waals surface area contributed by atoms with E-state index in [9.17, 15) is 9.59 Å². The number of ketones is 1. The van der Waals surface area contributed by atoms with Crippen LogP contribution < -0.4 is 5.32 Å². The Bertz CT molecular complexity index is 1170.